The molecule has 3 N–H and O–H groups in total. The van der Waals surface area contributed by atoms with Crippen LogP contribution in [0.3, 0.4) is 0 Å². The van der Waals surface area contributed by atoms with E-state index in [4.69, 9.17) is 4.74 Å². The molecule has 0 aliphatic carbocycles. The first-order valence-corrected chi connectivity index (χ1v) is 8.69. The first-order chi connectivity index (χ1) is 12.9. The molecular weight excluding hydrogens is 346 g/mol. The number of hydrogen-bond donors (Lipinski definition) is 3. The average Bonchev–Trinajstić information content (AvgIpc) is 2.63. The van der Waals surface area contributed by atoms with Gasteiger partial charge in [-0.2, -0.15) is 0 Å². The molecule has 1 aliphatic rings. The number of amides is 3. The van der Waals surface area contributed by atoms with Gasteiger partial charge in [-0.25, -0.2) is 0 Å². The van der Waals surface area contributed by atoms with Crippen LogP contribution >= 0.6 is 0 Å². The van der Waals surface area contributed by atoms with Crippen molar-refractivity contribution in [1.29, 1.82) is 0 Å². The number of fused-ring (bicyclic) bond motifs is 1. The zero-order valence-electron chi connectivity index (χ0n) is 15.2. The lowest BCUT2D eigenvalue weighted by atomic mass is 10.1. The second kappa shape index (κ2) is 7.90. The van der Waals surface area contributed by atoms with Gasteiger partial charge in [-0.05, 0) is 43.7 Å². The standard InChI is InChI=1S/C20H21N3O4/c1-12-5-3-4-6-15(12)20(26)21-10-9-18(24)22-14-7-8-17-16(11-14)23-19(25)13(2)27-17/h3-8,11,13H,9-10H2,1-2H3,(H,21,26)(H,22,24)(H,23,25)/t13-/m0/s1. The van der Waals surface area contributed by atoms with Crippen LogP contribution in [0.5, 0.6) is 5.75 Å². The number of carbonyl (C=O) groups is 3. The highest BCUT2D eigenvalue weighted by atomic mass is 16.5. The Balaban J connectivity index is 1.51. The third kappa shape index (κ3) is 4.44. The molecule has 140 valence electrons. The van der Waals surface area contributed by atoms with E-state index in [9.17, 15) is 14.4 Å². The molecule has 1 aliphatic heterocycles. The maximum atomic E-state index is 12.1. The summed E-state index contributed by atoms with van der Waals surface area (Å²) in [5.74, 6) is -0.115. The van der Waals surface area contributed by atoms with E-state index in [-0.39, 0.29) is 30.7 Å². The van der Waals surface area contributed by atoms with Crippen LogP contribution in [0, 0.1) is 6.92 Å². The van der Waals surface area contributed by atoms with Crippen LogP contribution in [0.2, 0.25) is 0 Å². The van der Waals surface area contributed by atoms with Gasteiger partial charge in [0.15, 0.2) is 6.10 Å². The van der Waals surface area contributed by atoms with Crippen molar-refractivity contribution >= 4 is 29.1 Å². The summed E-state index contributed by atoms with van der Waals surface area (Å²) in [6.45, 7) is 3.75. The average molecular weight is 367 g/mol. The Morgan fingerprint density at radius 3 is 2.74 bits per heavy atom. The predicted octanol–water partition coefficient (Wildman–Crippen LogP) is 2.47. The molecule has 2 aromatic carbocycles. The maximum Gasteiger partial charge on any atom is 0.265 e. The molecule has 1 atom stereocenters. The van der Waals surface area contributed by atoms with Crippen LogP contribution in [-0.2, 0) is 9.59 Å². The third-order valence-corrected chi connectivity index (χ3v) is 4.22. The summed E-state index contributed by atoms with van der Waals surface area (Å²) in [6, 6.07) is 12.3. The van der Waals surface area contributed by atoms with E-state index >= 15 is 0 Å². The van der Waals surface area contributed by atoms with Crippen LogP contribution in [0.25, 0.3) is 0 Å². The molecule has 0 radical (unpaired) electrons. The summed E-state index contributed by atoms with van der Waals surface area (Å²) in [4.78, 5) is 35.9. The lowest BCUT2D eigenvalue weighted by Gasteiger charge is -2.23. The number of ether oxygens (including phenoxy) is 1. The second-order valence-corrected chi connectivity index (χ2v) is 6.33. The Labute approximate surface area is 157 Å². The normalized spacial score (nSPS) is 15.2. The minimum absolute atomic E-state index is 0.134. The van der Waals surface area contributed by atoms with E-state index in [1.807, 2.05) is 19.1 Å². The van der Waals surface area contributed by atoms with Crippen molar-refractivity contribution in [2.45, 2.75) is 26.4 Å². The number of rotatable bonds is 5. The molecule has 3 rings (SSSR count). The van der Waals surface area contributed by atoms with Crippen molar-refractivity contribution in [2.24, 2.45) is 0 Å². The van der Waals surface area contributed by atoms with E-state index in [1.165, 1.54) is 0 Å². The molecule has 7 heteroatoms. The van der Waals surface area contributed by atoms with Crippen LogP contribution in [-0.4, -0.2) is 30.4 Å². The number of nitrogens with one attached hydrogen (secondary N) is 3. The van der Waals surface area contributed by atoms with Gasteiger partial charge in [0.25, 0.3) is 11.8 Å². The number of aryl methyl sites for hydroxylation is 1. The molecule has 0 bridgehead atoms. The first kappa shape index (κ1) is 18.4. The SMILES string of the molecule is Cc1ccccc1C(=O)NCCC(=O)Nc1ccc2c(c1)NC(=O)[C@H](C)O2. The van der Waals surface area contributed by atoms with E-state index in [1.54, 1.807) is 37.3 Å². The topological polar surface area (TPSA) is 96.5 Å². The predicted molar refractivity (Wildman–Crippen MR) is 102 cm³/mol. The van der Waals surface area contributed by atoms with E-state index in [2.05, 4.69) is 16.0 Å². The van der Waals surface area contributed by atoms with Crippen molar-refractivity contribution in [1.82, 2.24) is 5.32 Å². The molecule has 0 fully saturated rings. The van der Waals surface area contributed by atoms with Gasteiger partial charge in [0, 0.05) is 24.2 Å². The van der Waals surface area contributed by atoms with Crippen molar-refractivity contribution in [2.75, 3.05) is 17.2 Å². The zero-order valence-corrected chi connectivity index (χ0v) is 15.2. The Hall–Kier alpha value is -3.35. The monoisotopic (exact) mass is 367 g/mol. The Morgan fingerprint density at radius 2 is 1.96 bits per heavy atom. The van der Waals surface area contributed by atoms with Crippen LogP contribution in [0.4, 0.5) is 11.4 Å². The molecule has 0 unspecified atom stereocenters. The maximum absolute atomic E-state index is 12.1. The van der Waals surface area contributed by atoms with Crippen molar-refractivity contribution in [3.63, 3.8) is 0 Å². The van der Waals surface area contributed by atoms with E-state index in [0.717, 1.165) is 5.56 Å². The fourth-order valence-electron chi connectivity index (χ4n) is 2.72. The number of hydrogen-bond acceptors (Lipinski definition) is 4. The van der Waals surface area contributed by atoms with Gasteiger partial charge in [0.1, 0.15) is 5.75 Å². The molecule has 7 nitrogen and oxygen atoms in total. The first-order valence-electron chi connectivity index (χ1n) is 8.69. The highest BCUT2D eigenvalue weighted by Crippen LogP contribution is 2.32. The molecule has 0 saturated heterocycles. The number of carbonyl (C=O) groups excluding carboxylic acids is 3. The second-order valence-electron chi connectivity index (χ2n) is 6.33. The Bertz CT molecular complexity index is 895. The van der Waals surface area contributed by atoms with Crippen LogP contribution in [0.1, 0.15) is 29.3 Å². The number of benzene rings is 2. The van der Waals surface area contributed by atoms with Gasteiger partial charge in [0.2, 0.25) is 5.91 Å². The highest BCUT2D eigenvalue weighted by Gasteiger charge is 2.23. The van der Waals surface area contributed by atoms with Gasteiger partial charge in [-0.3, -0.25) is 14.4 Å². The Kier molecular flexibility index (Phi) is 5.40. The van der Waals surface area contributed by atoms with Crippen LogP contribution in [0.15, 0.2) is 42.5 Å². The summed E-state index contributed by atoms with van der Waals surface area (Å²) in [5, 5.41) is 8.22. The summed E-state index contributed by atoms with van der Waals surface area (Å²) in [5.41, 5.74) is 2.54. The van der Waals surface area contributed by atoms with Crippen molar-refractivity contribution in [3.8, 4) is 5.75 Å². The molecule has 0 spiro atoms. The van der Waals surface area contributed by atoms with Gasteiger partial charge < -0.3 is 20.7 Å². The molecular formula is C20H21N3O4. The van der Waals surface area contributed by atoms with Gasteiger partial charge in [-0.1, -0.05) is 18.2 Å². The molecule has 27 heavy (non-hydrogen) atoms. The van der Waals surface area contributed by atoms with Crippen molar-refractivity contribution in [3.05, 3.63) is 53.6 Å². The minimum Gasteiger partial charge on any atom is -0.479 e. The quantitative estimate of drug-likeness (QED) is 0.756. The fourth-order valence-corrected chi connectivity index (χ4v) is 2.72. The van der Waals surface area contributed by atoms with Gasteiger partial charge in [0.05, 0.1) is 5.69 Å². The smallest absolute Gasteiger partial charge is 0.265 e. The lowest BCUT2D eigenvalue weighted by Crippen LogP contribution is -2.34. The number of anilines is 2. The highest BCUT2D eigenvalue weighted by molar-refractivity contribution is 5.99. The summed E-state index contributed by atoms with van der Waals surface area (Å²) >= 11 is 0. The fraction of sp³-hybridized carbons (Fsp3) is 0.250. The lowest BCUT2D eigenvalue weighted by molar-refractivity contribution is -0.122. The summed E-state index contributed by atoms with van der Waals surface area (Å²) < 4.78 is 5.47. The largest absolute Gasteiger partial charge is 0.479 e. The zero-order chi connectivity index (χ0) is 19.4. The Morgan fingerprint density at radius 1 is 1.19 bits per heavy atom. The van der Waals surface area contributed by atoms with Gasteiger partial charge >= 0.3 is 0 Å². The summed E-state index contributed by atoms with van der Waals surface area (Å²) in [6.07, 6.45) is -0.413. The molecule has 0 aromatic heterocycles. The molecule has 2 aromatic rings. The van der Waals surface area contributed by atoms with E-state index in [0.29, 0.717) is 22.7 Å². The molecule has 0 saturated carbocycles. The molecule has 1 heterocycles. The van der Waals surface area contributed by atoms with Crippen LogP contribution < -0.4 is 20.7 Å². The third-order valence-electron chi connectivity index (χ3n) is 4.22. The van der Waals surface area contributed by atoms with Gasteiger partial charge in [-0.15, -0.1) is 0 Å². The van der Waals surface area contributed by atoms with E-state index < -0.39 is 6.10 Å². The molecule has 3 amide bonds. The van der Waals surface area contributed by atoms with Crippen molar-refractivity contribution < 1.29 is 19.1 Å². The summed E-state index contributed by atoms with van der Waals surface area (Å²) in [7, 11) is 0. The minimum atomic E-state index is -0.546.